The molecule has 176 valence electrons. The van der Waals surface area contributed by atoms with E-state index in [0.717, 1.165) is 29.7 Å². The molecule has 2 aromatic rings. The molecule has 0 spiro atoms. The number of nitrogens with zero attached hydrogens (tertiary/aromatic N) is 1. The molecule has 2 atom stereocenters. The third-order valence-electron chi connectivity index (χ3n) is 6.20. The summed E-state index contributed by atoms with van der Waals surface area (Å²) >= 11 is 0. The van der Waals surface area contributed by atoms with Crippen molar-refractivity contribution in [1.29, 1.82) is 0 Å². The Labute approximate surface area is 193 Å². The highest BCUT2D eigenvalue weighted by Gasteiger charge is 2.41. The summed E-state index contributed by atoms with van der Waals surface area (Å²) in [6.07, 6.45) is 1.34. The number of hydrogen-bond donors (Lipinski definition) is 2. The lowest BCUT2D eigenvalue weighted by molar-refractivity contribution is -0.168. The number of amides is 2. The number of benzene rings is 2. The average molecular weight is 455 g/mol. The number of morpholine rings is 1. The van der Waals surface area contributed by atoms with E-state index in [9.17, 15) is 14.7 Å². The number of anilines is 1. The lowest BCUT2D eigenvalue weighted by atomic mass is 9.95. The highest BCUT2D eigenvalue weighted by Crippen LogP contribution is 2.33. The molecule has 0 bridgehead atoms. The monoisotopic (exact) mass is 454 g/mol. The van der Waals surface area contributed by atoms with Crippen LogP contribution in [0.1, 0.15) is 30.1 Å². The number of methoxy groups -OCH3 is 1. The highest BCUT2D eigenvalue weighted by atomic mass is 16.5. The minimum atomic E-state index is -0.454. The molecule has 0 saturated carbocycles. The molecule has 8 heteroatoms. The van der Waals surface area contributed by atoms with Crippen LogP contribution in [0, 0.1) is 0 Å². The van der Waals surface area contributed by atoms with Gasteiger partial charge in [-0.25, -0.2) is 0 Å². The van der Waals surface area contributed by atoms with Crippen LogP contribution in [0.2, 0.25) is 0 Å². The second kappa shape index (κ2) is 10.8. The van der Waals surface area contributed by atoms with Crippen LogP contribution >= 0.6 is 0 Å². The van der Waals surface area contributed by atoms with Gasteiger partial charge >= 0.3 is 0 Å². The third-order valence-corrected chi connectivity index (χ3v) is 6.20. The van der Waals surface area contributed by atoms with Crippen molar-refractivity contribution in [3.05, 3.63) is 59.7 Å². The van der Waals surface area contributed by atoms with Gasteiger partial charge in [-0.3, -0.25) is 9.59 Å². The second-order valence-electron chi connectivity index (χ2n) is 8.32. The first-order valence-corrected chi connectivity index (χ1v) is 11.2. The Bertz CT molecular complexity index is 940. The normalized spacial score (nSPS) is 21.6. The molecule has 2 heterocycles. The maximum atomic E-state index is 12.6. The Morgan fingerprint density at radius 3 is 2.45 bits per heavy atom. The molecule has 2 N–H and O–H groups in total. The van der Waals surface area contributed by atoms with Crippen LogP contribution < -0.4 is 10.1 Å². The molecule has 2 aromatic carbocycles. The fourth-order valence-electron chi connectivity index (χ4n) is 4.51. The molecule has 2 saturated heterocycles. The van der Waals surface area contributed by atoms with Crippen molar-refractivity contribution in [2.75, 3.05) is 38.9 Å². The molecule has 2 amide bonds. The number of aliphatic hydroxyl groups is 1. The van der Waals surface area contributed by atoms with Gasteiger partial charge in [-0.05, 0) is 48.2 Å². The largest absolute Gasteiger partial charge is 0.497 e. The van der Waals surface area contributed by atoms with Gasteiger partial charge in [0.05, 0.1) is 26.2 Å². The topological polar surface area (TPSA) is 97.3 Å². The van der Waals surface area contributed by atoms with E-state index >= 15 is 0 Å². The van der Waals surface area contributed by atoms with Crippen LogP contribution in [0.3, 0.4) is 0 Å². The minimum absolute atomic E-state index is 0.0150. The van der Waals surface area contributed by atoms with E-state index in [1.165, 1.54) is 0 Å². The Hall–Kier alpha value is -2.94. The number of carbonyl (C=O) groups excluding carboxylic acids is 2. The molecular formula is C25H30N2O6. The number of rotatable bonds is 7. The molecule has 0 radical (unpaired) electrons. The van der Waals surface area contributed by atoms with Gasteiger partial charge in [-0.15, -0.1) is 0 Å². The zero-order valence-electron chi connectivity index (χ0n) is 18.7. The molecule has 0 aromatic heterocycles. The number of ether oxygens (including phenoxy) is 3. The summed E-state index contributed by atoms with van der Waals surface area (Å²) in [5.74, 6) is 0.531. The summed E-state index contributed by atoms with van der Waals surface area (Å²) in [7, 11) is 1.60. The summed E-state index contributed by atoms with van der Waals surface area (Å²) in [4.78, 5) is 26.8. The van der Waals surface area contributed by atoms with Gasteiger partial charge in [0.15, 0.2) is 0 Å². The molecular weight excluding hydrogens is 424 g/mol. The maximum Gasteiger partial charge on any atom is 0.249 e. The molecule has 2 fully saturated rings. The number of hydrogen-bond acceptors (Lipinski definition) is 6. The standard InChI is InChI=1S/C25H30N2O6/c1-31-21-8-2-17(3-9-21)14-23(29)26-19-6-4-18(5-7-19)25-22(15-28)27(24(30)16-33-25)20-10-12-32-13-11-20/h2-9,20,22,25,28H,10-16H2,1H3,(H,26,29). The molecule has 0 aliphatic carbocycles. The van der Waals surface area contributed by atoms with Gasteiger partial charge in [0, 0.05) is 24.9 Å². The van der Waals surface area contributed by atoms with E-state index in [1.807, 2.05) is 48.5 Å². The Kier molecular flexibility index (Phi) is 7.59. The van der Waals surface area contributed by atoms with E-state index in [1.54, 1.807) is 12.0 Å². The molecule has 33 heavy (non-hydrogen) atoms. The molecule has 8 nitrogen and oxygen atoms in total. The van der Waals surface area contributed by atoms with Crippen molar-refractivity contribution in [2.24, 2.45) is 0 Å². The zero-order chi connectivity index (χ0) is 23.2. The number of carbonyl (C=O) groups is 2. The van der Waals surface area contributed by atoms with Gasteiger partial charge in [0.25, 0.3) is 0 Å². The predicted octanol–water partition coefficient (Wildman–Crippen LogP) is 2.32. The molecule has 2 aliphatic rings. The van der Waals surface area contributed by atoms with E-state index < -0.39 is 12.1 Å². The van der Waals surface area contributed by atoms with E-state index in [2.05, 4.69) is 5.32 Å². The van der Waals surface area contributed by atoms with E-state index in [-0.39, 0.29) is 37.5 Å². The van der Waals surface area contributed by atoms with Crippen molar-refractivity contribution in [3.63, 3.8) is 0 Å². The number of aliphatic hydroxyl groups excluding tert-OH is 1. The second-order valence-corrected chi connectivity index (χ2v) is 8.32. The van der Waals surface area contributed by atoms with Gasteiger partial charge in [-0.2, -0.15) is 0 Å². The fourth-order valence-corrected chi connectivity index (χ4v) is 4.51. The zero-order valence-corrected chi connectivity index (χ0v) is 18.7. The summed E-state index contributed by atoms with van der Waals surface area (Å²) in [6, 6.07) is 14.3. The SMILES string of the molecule is COc1ccc(CC(=O)Nc2ccc(C3OCC(=O)N(C4CCOCC4)C3CO)cc2)cc1. The predicted molar refractivity (Wildman–Crippen MR) is 122 cm³/mol. The molecule has 2 unspecified atom stereocenters. The highest BCUT2D eigenvalue weighted by molar-refractivity contribution is 5.92. The van der Waals surface area contributed by atoms with Gasteiger partial charge < -0.3 is 29.5 Å². The molecule has 4 rings (SSSR count). The first-order valence-electron chi connectivity index (χ1n) is 11.2. The summed E-state index contributed by atoms with van der Waals surface area (Å²) in [6.45, 7) is 1.03. The lowest BCUT2D eigenvalue weighted by Crippen LogP contribution is -2.57. The van der Waals surface area contributed by atoms with Crippen molar-refractivity contribution in [2.45, 2.75) is 37.5 Å². The third kappa shape index (κ3) is 5.52. The quantitative estimate of drug-likeness (QED) is 0.667. The summed E-state index contributed by atoms with van der Waals surface area (Å²) in [5, 5.41) is 13.0. The Morgan fingerprint density at radius 2 is 1.82 bits per heavy atom. The maximum absolute atomic E-state index is 12.6. The van der Waals surface area contributed by atoms with Crippen molar-refractivity contribution in [3.8, 4) is 5.75 Å². The first kappa shape index (κ1) is 23.2. The van der Waals surface area contributed by atoms with Crippen LogP contribution in [0.25, 0.3) is 0 Å². The van der Waals surface area contributed by atoms with E-state index in [0.29, 0.717) is 18.9 Å². The smallest absolute Gasteiger partial charge is 0.249 e. The van der Waals surface area contributed by atoms with Gasteiger partial charge in [0.1, 0.15) is 18.5 Å². The van der Waals surface area contributed by atoms with Crippen LogP contribution in [0.15, 0.2) is 48.5 Å². The molecule has 2 aliphatic heterocycles. The average Bonchev–Trinajstić information content (AvgIpc) is 2.85. The van der Waals surface area contributed by atoms with Crippen molar-refractivity contribution in [1.82, 2.24) is 4.90 Å². The van der Waals surface area contributed by atoms with Crippen molar-refractivity contribution < 1.29 is 28.9 Å². The van der Waals surface area contributed by atoms with Crippen molar-refractivity contribution >= 4 is 17.5 Å². The van der Waals surface area contributed by atoms with Crippen LogP contribution in [0.4, 0.5) is 5.69 Å². The van der Waals surface area contributed by atoms with E-state index in [4.69, 9.17) is 14.2 Å². The van der Waals surface area contributed by atoms with Crippen LogP contribution in [-0.4, -0.2) is 67.4 Å². The van der Waals surface area contributed by atoms with Gasteiger partial charge in [-0.1, -0.05) is 24.3 Å². The summed E-state index contributed by atoms with van der Waals surface area (Å²) in [5.41, 5.74) is 2.42. The summed E-state index contributed by atoms with van der Waals surface area (Å²) < 4.78 is 16.4. The number of nitrogens with one attached hydrogen (secondary N) is 1. The van der Waals surface area contributed by atoms with Crippen LogP contribution in [0.5, 0.6) is 5.75 Å². The minimum Gasteiger partial charge on any atom is -0.497 e. The Morgan fingerprint density at radius 1 is 1.12 bits per heavy atom. The first-order chi connectivity index (χ1) is 16.1. The fraction of sp³-hybridized carbons (Fsp3) is 0.440. The van der Waals surface area contributed by atoms with Crippen LogP contribution in [-0.2, 0) is 25.5 Å². The lowest BCUT2D eigenvalue weighted by Gasteiger charge is -2.45. The van der Waals surface area contributed by atoms with Gasteiger partial charge in [0.2, 0.25) is 11.8 Å². The Balaban J connectivity index is 1.40.